The molecule has 1 saturated heterocycles. The number of pyridine rings is 1. The molecule has 9 heteroatoms. The minimum Gasteiger partial charge on any atom is -0.377 e. The van der Waals surface area contributed by atoms with Crippen molar-refractivity contribution < 1.29 is 9.53 Å². The van der Waals surface area contributed by atoms with Crippen LogP contribution >= 0.6 is 11.6 Å². The number of carbonyl (C=O) groups excluding carboxylic acids is 1. The van der Waals surface area contributed by atoms with Crippen LogP contribution in [0.25, 0.3) is 10.9 Å². The first-order valence-corrected chi connectivity index (χ1v) is 13.6. The Morgan fingerprint density at radius 3 is 2.51 bits per heavy atom. The van der Waals surface area contributed by atoms with E-state index in [4.69, 9.17) is 21.3 Å². The molecule has 0 radical (unpaired) electrons. The molecule has 0 spiro atoms. The second-order valence-corrected chi connectivity index (χ2v) is 10.7. The second kappa shape index (κ2) is 11.6. The van der Waals surface area contributed by atoms with Gasteiger partial charge >= 0.3 is 0 Å². The Bertz CT molecular complexity index is 1230. The molecule has 1 unspecified atom stereocenters. The van der Waals surface area contributed by atoms with Crippen LogP contribution in [0.4, 0.5) is 11.8 Å². The van der Waals surface area contributed by atoms with Crippen LogP contribution in [0.5, 0.6) is 0 Å². The standard InChI is InChI=1S/C28H35ClN6O2/c1-17-3-6-20-7-10-24(35-26(20)25(17)29)33-22-8-4-19(5-9-22)11-12-30-28-31-13-21(14-32-28)18(2)27(36)34-23-15-37-16-23/h3,6-7,10,13-14,18-19,22-23H,4-5,8-9,11-12,15-16H2,1-2H3,(H,33,35)(H,34,36)(H,30,31,32). The van der Waals surface area contributed by atoms with Gasteiger partial charge < -0.3 is 20.7 Å². The molecule has 1 aliphatic carbocycles. The number of aromatic nitrogens is 3. The van der Waals surface area contributed by atoms with Gasteiger partial charge in [-0.2, -0.15) is 0 Å². The Kier molecular flexibility index (Phi) is 8.05. The summed E-state index contributed by atoms with van der Waals surface area (Å²) < 4.78 is 5.11. The molecule has 0 bridgehead atoms. The fourth-order valence-electron chi connectivity index (χ4n) is 4.98. The molecule has 2 fully saturated rings. The van der Waals surface area contributed by atoms with Gasteiger partial charge in [0.15, 0.2) is 0 Å². The molecule has 5 rings (SSSR count). The lowest BCUT2D eigenvalue weighted by Gasteiger charge is -2.29. The number of amides is 1. The average Bonchev–Trinajstić information content (AvgIpc) is 2.89. The summed E-state index contributed by atoms with van der Waals surface area (Å²) in [6.07, 6.45) is 9.19. The van der Waals surface area contributed by atoms with Crippen molar-refractivity contribution in [1.29, 1.82) is 0 Å². The Hall–Kier alpha value is -2.97. The van der Waals surface area contributed by atoms with Gasteiger partial charge in [-0.15, -0.1) is 0 Å². The number of nitrogens with one attached hydrogen (secondary N) is 3. The van der Waals surface area contributed by atoms with E-state index in [1.54, 1.807) is 12.4 Å². The van der Waals surface area contributed by atoms with Crippen LogP contribution in [0.2, 0.25) is 5.02 Å². The maximum Gasteiger partial charge on any atom is 0.227 e. The highest BCUT2D eigenvalue weighted by atomic mass is 35.5. The summed E-state index contributed by atoms with van der Waals surface area (Å²) in [7, 11) is 0. The maximum absolute atomic E-state index is 12.3. The van der Waals surface area contributed by atoms with Gasteiger partial charge in [-0.05, 0) is 69.6 Å². The summed E-state index contributed by atoms with van der Waals surface area (Å²) >= 11 is 6.48. The maximum atomic E-state index is 12.3. The van der Waals surface area contributed by atoms with E-state index < -0.39 is 0 Å². The van der Waals surface area contributed by atoms with Gasteiger partial charge in [0, 0.05) is 35.9 Å². The van der Waals surface area contributed by atoms with E-state index in [0.29, 0.717) is 31.1 Å². The lowest BCUT2D eigenvalue weighted by molar-refractivity contribution is -0.126. The average molecular weight is 523 g/mol. The number of anilines is 2. The van der Waals surface area contributed by atoms with Crippen molar-refractivity contribution in [3.05, 3.63) is 52.8 Å². The highest BCUT2D eigenvalue weighted by Gasteiger charge is 2.24. The van der Waals surface area contributed by atoms with Crippen LogP contribution in [-0.2, 0) is 9.53 Å². The van der Waals surface area contributed by atoms with Crippen LogP contribution in [-0.4, -0.2) is 52.7 Å². The van der Waals surface area contributed by atoms with Crippen molar-refractivity contribution in [2.75, 3.05) is 30.4 Å². The summed E-state index contributed by atoms with van der Waals surface area (Å²) in [5, 5.41) is 11.7. The van der Waals surface area contributed by atoms with E-state index in [9.17, 15) is 4.79 Å². The molecule has 37 heavy (non-hydrogen) atoms. The fourth-order valence-corrected chi connectivity index (χ4v) is 5.19. The minimum atomic E-state index is -0.288. The Labute approximate surface area is 223 Å². The first-order valence-electron chi connectivity index (χ1n) is 13.2. The third-order valence-corrected chi connectivity index (χ3v) is 8.05. The molecule has 1 amide bonds. The molecule has 1 aromatic carbocycles. The summed E-state index contributed by atoms with van der Waals surface area (Å²) in [6.45, 7) is 5.90. The molecule has 2 aliphatic rings. The quantitative estimate of drug-likeness (QED) is 0.360. The first-order chi connectivity index (χ1) is 18.0. The number of benzene rings is 1. The van der Waals surface area contributed by atoms with Crippen molar-refractivity contribution >= 4 is 40.2 Å². The van der Waals surface area contributed by atoms with Gasteiger partial charge in [0.2, 0.25) is 11.9 Å². The molecule has 3 N–H and O–H groups in total. The zero-order valence-corrected chi connectivity index (χ0v) is 22.2. The van der Waals surface area contributed by atoms with E-state index in [2.05, 4.69) is 38.1 Å². The number of ether oxygens (including phenoxy) is 1. The van der Waals surface area contributed by atoms with Gasteiger partial charge in [0.1, 0.15) is 5.82 Å². The summed E-state index contributed by atoms with van der Waals surface area (Å²) in [4.78, 5) is 25.9. The molecule has 2 aromatic heterocycles. The second-order valence-electron chi connectivity index (χ2n) is 10.3. The normalized spacial score (nSPS) is 20.7. The summed E-state index contributed by atoms with van der Waals surface area (Å²) in [5.74, 6) is 1.89. The number of halogens is 1. The predicted octanol–water partition coefficient (Wildman–Crippen LogP) is 5.08. The lowest BCUT2D eigenvalue weighted by Crippen LogP contribution is -2.49. The molecule has 3 aromatic rings. The number of nitrogens with zero attached hydrogens (tertiary/aromatic N) is 3. The van der Waals surface area contributed by atoms with Crippen LogP contribution in [0.3, 0.4) is 0 Å². The van der Waals surface area contributed by atoms with Crippen molar-refractivity contribution in [3.8, 4) is 0 Å². The molecular formula is C28H35ClN6O2. The van der Waals surface area contributed by atoms with Crippen molar-refractivity contribution in [3.63, 3.8) is 0 Å². The molecule has 1 aliphatic heterocycles. The molecule has 196 valence electrons. The highest BCUT2D eigenvalue weighted by molar-refractivity contribution is 6.35. The number of carbonyl (C=O) groups is 1. The number of fused-ring (bicyclic) bond motifs is 1. The Morgan fingerprint density at radius 2 is 1.81 bits per heavy atom. The molecule has 1 atom stereocenters. The smallest absolute Gasteiger partial charge is 0.227 e. The zero-order valence-electron chi connectivity index (χ0n) is 21.5. The zero-order chi connectivity index (χ0) is 25.8. The van der Waals surface area contributed by atoms with Crippen LogP contribution in [0, 0.1) is 12.8 Å². The minimum absolute atomic E-state index is 0.0157. The third kappa shape index (κ3) is 6.30. The SMILES string of the molecule is Cc1ccc2ccc(NC3CCC(CCNc4ncc(C(C)C(=O)NC5COC5)cn4)CC3)nc2c1Cl. The Morgan fingerprint density at radius 1 is 1.08 bits per heavy atom. The predicted molar refractivity (Wildman–Crippen MR) is 147 cm³/mol. The van der Waals surface area contributed by atoms with Crippen molar-refractivity contribution in [2.24, 2.45) is 5.92 Å². The van der Waals surface area contributed by atoms with E-state index >= 15 is 0 Å². The fraction of sp³-hybridized carbons (Fsp3) is 0.500. The molecular weight excluding hydrogens is 488 g/mol. The molecule has 3 heterocycles. The van der Waals surface area contributed by atoms with Gasteiger partial charge in [-0.1, -0.05) is 23.7 Å². The van der Waals surface area contributed by atoms with Crippen molar-refractivity contribution in [1.82, 2.24) is 20.3 Å². The van der Waals surface area contributed by atoms with Crippen LogP contribution < -0.4 is 16.0 Å². The third-order valence-electron chi connectivity index (χ3n) is 7.58. The topological polar surface area (TPSA) is 101 Å². The monoisotopic (exact) mass is 522 g/mol. The van der Waals surface area contributed by atoms with Crippen LogP contribution in [0.1, 0.15) is 56.1 Å². The van der Waals surface area contributed by atoms with Gasteiger partial charge in [-0.25, -0.2) is 15.0 Å². The van der Waals surface area contributed by atoms with Crippen molar-refractivity contribution in [2.45, 2.75) is 64.0 Å². The Balaban J connectivity index is 1.04. The van der Waals surface area contributed by atoms with E-state index in [0.717, 1.165) is 58.7 Å². The van der Waals surface area contributed by atoms with E-state index in [1.807, 2.05) is 26.0 Å². The van der Waals surface area contributed by atoms with Crippen LogP contribution in [0.15, 0.2) is 36.7 Å². The summed E-state index contributed by atoms with van der Waals surface area (Å²) in [6, 6.07) is 8.79. The first kappa shape index (κ1) is 25.7. The van der Waals surface area contributed by atoms with E-state index in [1.165, 1.54) is 12.8 Å². The lowest BCUT2D eigenvalue weighted by atomic mass is 9.84. The van der Waals surface area contributed by atoms with Gasteiger partial charge in [0.05, 0.1) is 35.7 Å². The largest absolute Gasteiger partial charge is 0.377 e. The molecule has 1 saturated carbocycles. The van der Waals surface area contributed by atoms with E-state index in [-0.39, 0.29) is 17.9 Å². The summed E-state index contributed by atoms with van der Waals surface area (Å²) in [5.41, 5.74) is 2.72. The van der Waals surface area contributed by atoms with Gasteiger partial charge in [-0.3, -0.25) is 4.79 Å². The van der Waals surface area contributed by atoms with Gasteiger partial charge in [0.25, 0.3) is 0 Å². The number of hydrogen-bond donors (Lipinski definition) is 3. The molecule has 8 nitrogen and oxygen atoms in total. The highest BCUT2D eigenvalue weighted by Crippen LogP contribution is 2.30. The number of rotatable bonds is 9. The number of aryl methyl sites for hydroxylation is 1. The number of hydrogen-bond acceptors (Lipinski definition) is 7.